The van der Waals surface area contributed by atoms with Crippen LogP contribution in [0.3, 0.4) is 0 Å². The third kappa shape index (κ3) is 4.61. The van der Waals surface area contributed by atoms with Crippen molar-refractivity contribution in [2.24, 2.45) is 17.8 Å². The molecule has 150 valence electrons. The monoisotopic (exact) mass is 432 g/mol. The van der Waals surface area contributed by atoms with Crippen LogP contribution in [0.25, 0.3) is 0 Å². The van der Waals surface area contributed by atoms with Crippen LogP contribution in [-0.2, 0) is 14.8 Å². The Morgan fingerprint density at radius 1 is 1.07 bits per heavy atom. The fourth-order valence-electron chi connectivity index (χ4n) is 4.26. The van der Waals surface area contributed by atoms with Gasteiger partial charge in [0.05, 0.1) is 5.02 Å². The van der Waals surface area contributed by atoms with Crippen LogP contribution in [-0.4, -0.2) is 49.7 Å². The van der Waals surface area contributed by atoms with Gasteiger partial charge in [-0.15, -0.1) is 0 Å². The summed E-state index contributed by atoms with van der Waals surface area (Å²) in [4.78, 5) is 14.9. The Hall–Kier alpha value is -0.820. The van der Waals surface area contributed by atoms with Gasteiger partial charge in [0.1, 0.15) is 4.90 Å². The first-order valence-corrected chi connectivity index (χ1v) is 11.6. The van der Waals surface area contributed by atoms with Gasteiger partial charge in [0, 0.05) is 37.1 Å². The predicted molar refractivity (Wildman–Crippen MR) is 107 cm³/mol. The van der Waals surface area contributed by atoms with E-state index < -0.39 is 10.0 Å². The highest BCUT2D eigenvalue weighted by molar-refractivity contribution is 7.89. The Balaban J connectivity index is 1.66. The lowest BCUT2D eigenvalue weighted by Gasteiger charge is -2.39. The molecule has 0 saturated carbocycles. The van der Waals surface area contributed by atoms with E-state index in [1.54, 1.807) is 6.07 Å². The number of nitrogens with zero attached hydrogens (tertiary/aromatic N) is 2. The van der Waals surface area contributed by atoms with E-state index >= 15 is 0 Å². The van der Waals surface area contributed by atoms with Crippen LogP contribution in [0.1, 0.15) is 33.1 Å². The van der Waals surface area contributed by atoms with Crippen molar-refractivity contribution in [2.45, 2.75) is 38.0 Å². The average molecular weight is 433 g/mol. The molecule has 2 heterocycles. The summed E-state index contributed by atoms with van der Waals surface area (Å²) in [7, 11) is -3.71. The van der Waals surface area contributed by atoms with Crippen LogP contribution in [0.4, 0.5) is 0 Å². The van der Waals surface area contributed by atoms with E-state index in [0.29, 0.717) is 42.8 Å². The summed E-state index contributed by atoms with van der Waals surface area (Å²) in [5.41, 5.74) is 0. The largest absolute Gasteiger partial charge is 0.342 e. The molecule has 1 aromatic carbocycles. The normalized spacial score (nSPS) is 25.6. The minimum Gasteiger partial charge on any atom is -0.342 e. The standard InChI is InChI=1S/C19H26Cl2N2O3S/c1-13-9-14(2)12-22(11-13)19(24)15-5-7-23(8-6-15)27(25,26)18-10-16(20)3-4-17(18)21/h3-4,10,13-15H,5-9,11-12H2,1-2H3/t13-,14+. The van der Waals surface area contributed by atoms with E-state index in [9.17, 15) is 13.2 Å². The zero-order chi connectivity index (χ0) is 19.8. The number of likely N-dealkylation sites (tertiary alicyclic amines) is 1. The molecule has 0 spiro atoms. The van der Waals surface area contributed by atoms with Crippen molar-refractivity contribution in [3.05, 3.63) is 28.2 Å². The average Bonchev–Trinajstić information content (AvgIpc) is 2.62. The van der Waals surface area contributed by atoms with Gasteiger partial charge in [-0.05, 0) is 49.3 Å². The van der Waals surface area contributed by atoms with Gasteiger partial charge in [-0.25, -0.2) is 8.42 Å². The molecular formula is C19H26Cl2N2O3S. The Labute approximate surface area is 171 Å². The maximum absolute atomic E-state index is 12.9. The van der Waals surface area contributed by atoms with Gasteiger partial charge in [0.25, 0.3) is 0 Å². The molecule has 2 atom stereocenters. The van der Waals surface area contributed by atoms with Gasteiger partial charge < -0.3 is 4.90 Å². The SMILES string of the molecule is C[C@@H]1C[C@H](C)CN(C(=O)C2CCN(S(=O)(=O)c3cc(Cl)ccc3Cl)CC2)C1. The molecule has 2 aliphatic heterocycles. The quantitative estimate of drug-likeness (QED) is 0.727. The summed E-state index contributed by atoms with van der Waals surface area (Å²) in [6.07, 6.45) is 2.23. The predicted octanol–water partition coefficient (Wildman–Crippen LogP) is 3.90. The number of hydrogen-bond donors (Lipinski definition) is 0. The molecule has 5 nitrogen and oxygen atoms in total. The number of sulfonamides is 1. The molecule has 3 rings (SSSR count). The fourth-order valence-corrected chi connectivity index (χ4v) is 6.47. The lowest BCUT2D eigenvalue weighted by molar-refractivity contribution is -0.139. The van der Waals surface area contributed by atoms with Gasteiger partial charge in [-0.1, -0.05) is 37.0 Å². The summed E-state index contributed by atoms with van der Waals surface area (Å²) in [5.74, 6) is 1.10. The maximum atomic E-state index is 12.9. The molecule has 2 fully saturated rings. The highest BCUT2D eigenvalue weighted by atomic mass is 35.5. The minimum absolute atomic E-state index is 0.0279. The molecule has 2 saturated heterocycles. The summed E-state index contributed by atoms with van der Waals surface area (Å²) in [5, 5.41) is 0.491. The molecule has 2 aliphatic rings. The van der Waals surface area contributed by atoms with E-state index in [-0.39, 0.29) is 21.7 Å². The maximum Gasteiger partial charge on any atom is 0.244 e. The molecule has 1 amide bonds. The van der Waals surface area contributed by atoms with Crippen LogP contribution in [0.5, 0.6) is 0 Å². The number of benzene rings is 1. The number of piperidine rings is 2. The van der Waals surface area contributed by atoms with Crippen LogP contribution < -0.4 is 0 Å². The molecule has 27 heavy (non-hydrogen) atoms. The molecule has 0 unspecified atom stereocenters. The number of halogens is 2. The highest BCUT2D eigenvalue weighted by Crippen LogP contribution is 2.31. The second-order valence-corrected chi connectivity index (χ2v) is 10.7. The third-order valence-electron chi connectivity index (χ3n) is 5.49. The summed E-state index contributed by atoms with van der Waals surface area (Å²) >= 11 is 12.0. The zero-order valence-electron chi connectivity index (χ0n) is 15.7. The van der Waals surface area contributed by atoms with Crippen LogP contribution in [0, 0.1) is 17.8 Å². The summed E-state index contributed by atoms with van der Waals surface area (Å²) < 4.78 is 27.2. The Morgan fingerprint density at radius 3 is 2.26 bits per heavy atom. The smallest absolute Gasteiger partial charge is 0.244 e. The van der Waals surface area contributed by atoms with Crippen molar-refractivity contribution in [3.8, 4) is 0 Å². The second-order valence-electron chi connectivity index (χ2n) is 7.94. The minimum atomic E-state index is -3.71. The van der Waals surface area contributed by atoms with Gasteiger partial charge in [0.2, 0.25) is 15.9 Å². The Kier molecular flexibility index (Phi) is 6.41. The van der Waals surface area contributed by atoms with Crippen molar-refractivity contribution >= 4 is 39.1 Å². The van der Waals surface area contributed by atoms with E-state index in [2.05, 4.69) is 13.8 Å². The topological polar surface area (TPSA) is 57.7 Å². The highest BCUT2D eigenvalue weighted by Gasteiger charge is 2.36. The molecule has 0 aliphatic carbocycles. The molecule has 8 heteroatoms. The molecule has 1 aromatic rings. The molecule has 0 aromatic heterocycles. The van der Waals surface area contributed by atoms with Gasteiger partial charge in [-0.2, -0.15) is 4.31 Å². The zero-order valence-corrected chi connectivity index (χ0v) is 18.0. The number of rotatable bonds is 3. The van der Waals surface area contributed by atoms with Crippen molar-refractivity contribution in [2.75, 3.05) is 26.2 Å². The van der Waals surface area contributed by atoms with Crippen LogP contribution >= 0.6 is 23.2 Å². The van der Waals surface area contributed by atoms with Crippen molar-refractivity contribution in [1.29, 1.82) is 0 Å². The van der Waals surface area contributed by atoms with E-state index in [1.807, 2.05) is 4.90 Å². The fraction of sp³-hybridized carbons (Fsp3) is 0.632. The van der Waals surface area contributed by atoms with Gasteiger partial charge >= 0.3 is 0 Å². The van der Waals surface area contributed by atoms with Gasteiger partial charge in [-0.3, -0.25) is 4.79 Å². The first-order chi connectivity index (χ1) is 12.7. The Bertz CT molecular complexity index is 797. The molecule has 0 radical (unpaired) electrons. The van der Waals surface area contributed by atoms with E-state index in [1.165, 1.54) is 16.4 Å². The van der Waals surface area contributed by atoms with Crippen molar-refractivity contribution < 1.29 is 13.2 Å². The number of carbonyl (C=O) groups is 1. The van der Waals surface area contributed by atoms with Crippen molar-refractivity contribution in [3.63, 3.8) is 0 Å². The van der Waals surface area contributed by atoms with Crippen molar-refractivity contribution in [1.82, 2.24) is 9.21 Å². The van der Waals surface area contributed by atoms with E-state index in [4.69, 9.17) is 23.2 Å². The van der Waals surface area contributed by atoms with Crippen LogP contribution in [0.2, 0.25) is 10.0 Å². The first-order valence-electron chi connectivity index (χ1n) is 9.42. The molecular weight excluding hydrogens is 407 g/mol. The van der Waals surface area contributed by atoms with Crippen LogP contribution in [0.15, 0.2) is 23.1 Å². The summed E-state index contributed by atoms with van der Waals surface area (Å²) in [6.45, 7) is 6.61. The lowest BCUT2D eigenvalue weighted by atomic mass is 9.89. The molecule has 0 N–H and O–H groups in total. The molecule has 0 bridgehead atoms. The number of hydrogen-bond acceptors (Lipinski definition) is 3. The summed E-state index contributed by atoms with van der Waals surface area (Å²) in [6, 6.07) is 4.44. The lowest BCUT2D eigenvalue weighted by Crippen LogP contribution is -2.48. The number of carbonyl (C=O) groups excluding carboxylic acids is 1. The third-order valence-corrected chi connectivity index (χ3v) is 8.11. The second kappa shape index (κ2) is 8.27. The first kappa shape index (κ1) is 20.9. The Morgan fingerprint density at radius 2 is 1.67 bits per heavy atom. The van der Waals surface area contributed by atoms with Gasteiger partial charge in [0.15, 0.2) is 0 Å². The number of amides is 1. The van der Waals surface area contributed by atoms with E-state index in [0.717, 1.165) is 19.5 Å².